The largest absolute Gasteiger partial charge is 0.336 e. The molecule has 1 aromatic heterocycles. The molecule has 0 spiro atoms. The average Bonchev–Trinajstić information content (AvgIpc) is 2.97. The van der Waals surface area contributed by atoms with Crippen LogP contribution in [0.2, 0.25) is 0 Å². The van der Waals surface area contributed by atoms with Crippen LogP contribution in [-0.2, 0) is 6.54 Å². The van der Waals surface area contributed by atoms with Gasteiger partial charge in [-0.3, -0.25) is 14.5 Å². The summed E-state index contributed by atoms with van der Waals surface area (Å²) in [6.45, 7) is 5.18. The lowest BCUT2D eigenvalue weighted by Gasteiger charge is -2.36. The number of carbonyl (C=O) groups is 2. The number of nitrogens with zero attached hydrogens (tertiary/aromatic N) is 2. The lowest BCUT2D eigenvalue weighted by atomic mass is 9.94. The molecule has 26 heavy (non-hydrogen) atoms. The Labute approximate surface area is 158 Å². The highest BCUT2D eigenvalue weighted by Gasteiger charge is 2.36. The number of Topliss-reactive ketones (excluding diaryl/α,β-unsaturated/α-hetero) is 1. The third-order valence-corrected chi connectivity index (χ3v) is 6.68. The van der Waals surface area contributed by atoms with Gasteiger partial charge in [-0.25, -0.2) is 0 Å². The summed E-state index contributed by atoms with van der Waals surface area (Å²) in [6, 6.07) is 14.6. The van der Waals surface area contributed by atoms with Crippen molar-refractivity contribution < 1.29 is 9.59 Å². The molecule has 0 saturated carbocycles. The van der Waals surface area contributed by atoms with Crippen molar-refractivity contribution in [2.45, 2.75) is 32.4 Å². The quantitative estimate of drug-likeness (QED) is 0.773. The molecule has 0 N–H and O–H groups in total. The molecule has 4 heterocycles. The van der Waals surface area contributed by atoms with Crippen LogP contribution in [0.15, 0.2) is 42.5 Å². The molecule has 3 aliphatic rings. The number of hydrogen-bond donors (Lipinski definition) is 0. The summed E-state index contributed by atoms with van der Waals surface area (Å²) in [6.07, 6.45) is 2.35. The lowest BCUT2D eigenvalue weighted by Crippen LogP contribution is -2.43. The Kier molecular flexibility index (Phi) is 4.92. The van der Waals surface area contributed by atoms with E-state index in [1.54, 1.807) is 19.1 Å². The Morgan fingerprint density at radius 2 is 1.77 bits per heavy atom. The van der Waals surface area contributed by atoms with Gasteiger partial charge in [-0.05, 0) is 43.4 Å². The molecule has 4 nitrogen and oxygen atoms in total. The summed E-state index contributed by atoms with van der Waals surface area (Å²) < 4.78 is 0. The van der Waals surface area contributed by atoms with E-state index in [9.17, 15) is 9.59 Å². The van der Waals surface area contributed by atoms with Crippen molar-refractivity contribution in [1.82, 2.24) is 9.80 Å². The number of benzene rings is 1. The maximum Gasteiger partial charge on any atom is 0.264 e. The maximum absolute atomic E-state index is 13.0. The second-order valence-electron chi connectivity index (χ2n) is 7.44. The molecule has 1 amide bonds. The normalized spacial score (nSPS) is 23.0. The second kappa shape index (κ2) is 7.33. The van der Waals surface area contributed by atoms with Gasteiger partial charge in [0.25, 0.3) is 5.91 Å². The van der Waals surface area contributed by atoms with E-state index in [2.05, 4.69) is 35.2 Å². The molecule has 2 bridgehead atoms. The van der Waals surface area contributed by atoms with Gasteiger partial charge in [-0.15, -0.1) is 11.3 Å². The monoisotopic (exact) mass is 368 g/mol. The number of fused-ring (bicyclic) bond motifs is 4. The Hall–Kier alpha value is -1.98. The summed E-state index contributed by atoms with van der Waals surface area (Å²) in [4.78, 5) is 30.4. The van der Waals surface area contributed by atoms with Crippen LogP contribution >= 0.6 is 11.3 Å². The van der Waals surface area contributed by atoms with Crippen LogP contribution in [0.1, 0.15) is 44.7 Å². The van der Waals surface area contributed by atoms with Gasteiger partial charge in [0.2, 0.25) is 0 Å². The van der Waals surface area contributed by atoms with Crippen LogP contribution in [0.5, 0.6) is 0 Å². The van der Waals surface area contributed by atoms with Crippen molar-refractivity contribution in [3.05, 3.63) is 57.8 Å². The fourth-order valence-electron chi connectivity index (χ4n) is 4.15. The zero-order valence-corrected chi connectivity index (χ0v) is 15.9. The van der Waals surface area contributed by atoms with E-state index in [4.69, 9.17) is 0 Å². The predicted molar refractivity (Wildman–Crippen MR) is 104 cm³/mol. The maximum atomic E-state index is 13.0. The zero-order chi connectivity index (χ0) is 18.1. The Morgan fingerprint density at radius 3 is 2.50 bits per heavy atom. The average molecular weight is 369 g/mol. The fourth-order valence-corrected chi connectivity index (χ4v) is 5.02. The lowest BCUT2D eigenvalue weighted by molar-refractivity contribution is 0.0740. The van der Waals surface area contributed by atoms with E-state index >= 15 is 0 Å². The highest BCUT2D eigenvalue weighted by Crippen LogP contribution is 2.30. The third kappa shape index (κ3) is 3.60. The molecule has 2 aromatic rings. The van der Waals surface area contributed by atoms with Gasteiger partial charge in [-0.2, -0.15) is 0 Å². The van der Waals surface area contributed by atoms with E-state index in [1.165, 1.54) is 23.3 Å². The van der Waals surface area contributed by atoms with Crippen molar-refractivity contribution in [2.75, 3.05) is 19.6 Å². The smallest absolute Gasteiger partial charge is 0.264 e. The standard InChI is InChI=1S/C21H24N2O2S/c1-15(24)19-9-10-20(26-19)21(25)23-13-17-7-8-18(14-23)22(12-17)11-16-5-3-2-4-6-16/h2-6,9-10,17-18H,7-8,11-14H2,1H3/t17-,18-/m0/s1. The molecule has 5 rings (SSSR count). The van der Waals surface area contributed by atoms with Crippen molar-refractivity contribution in [3.8, 4) is 0 Å². The van der Waals surface area contributed by atoms with Gasteiger partial charge in [0.1, 0.15) is 0 Å². The fraction of sp³-hybridized carbons (Fsp3) is 0.429. The van der Waals surface area contributed by atoms with Crippen molar-refractivity contribution in [2.24, 2.45) is 5.92 Å². The minimum Gasteiger partial charge on any atom is -0.336 e. The van der Waals surface area contributed by atoms with Crippen LogP contribution in [0.25, 0.3) is 0 Å². The van der Waals surface area contributed by atoms with Gasteiger partial charge in [0.05, 0.1) is 9.75 Å². The van der Waals surface area contributed by atoms with Gasteiger partial charge in [0, 0.05) is 32.2 Å². The van der Waals surface area contributed by atoms with Crippen LogP contribution in [0, 0.1) is 5.92 Å². The first-order valence-corrected chi connectivity index (χ1v) is 10.1. The van der Waals surface area contributed by atoms with Gasteiger partial charge in [-0.1, -0.05) is 30.3 Å². The summed E-state index contributed by atoms with van der Waals surface area (Å²) in [7, 11) is 0. The minimum absolute atomic E-state index is 0.0269. The summed E-state index contributed by atoms with van der Waals surface area (Å²) in [5, 5.41) is 0. The number of hydrogen-bond acceptors (Lipinski definition) is 4. The van der Waals surface area contributed by atoms with E-state index < -0.39 is 0 Å². The molecule has 2 atom stereocenters. The summed E-state index contributed by atoms with van der Waals surface area (Å²) in [5.74, 6) is 0.647. The van der Waals surface area contributed by atoms with E-state index in [-0.39, 0.29) is 11.7 Å². The van der Waals surface area contributed by atoms with Crippen LogP contribution in [0.3, 0.4) is 0 Å². The first-order chi connectivity index (χ1) is 12.6. The first-order valence-electron chi connectivity index (χ1n) is 9.28. The molecule has 3 aliphatic heterocycles. The van der Waals surface area contributed by atoms with Crippen LogP contribution in [0.4, 0.5) is 0 Å². The van der Waals surface area contributed by atoms with Gasteiger partial charge >= 0.3 is 0 Å². The molecular formula is C21H24N2O2S. The minimum atomic E-state index is 0.0269. The van der Waals surface area contributed by atoms with E-state index in [0.717, 1.165) is 32.6 Å². The van der Waals surface area contributed by atoms with E-state index in [0.29, 0.717) is 21.7 Å². The molecule has 0 unspecified atom stereocenters. The summed E-state index contributed by atoms with van der Waals surface area (Å²) >= 11 is 1.32. The highest BCUT2D eigenvalue weighted by molar-refractivity contribution is 7.15. The van der Waals surface area contributed by atoms with Gasteiger partial charge in [0.15, 0.2) is 5.78 Å². The molecule has 3 saturated heterocycles. The zero-order valence-electron chi connectivity index (χ0n) is 15.1. The topological polar surface area (TPSA) is 40.6 Å². The highest BCUT2D eigenvalue weighted by atomic mass is 32.1. The third-order valence-electron chi connectivity index (χ3n) is 5.51. The molecule has 5 heteroatoms. The number of ketones is 1. The first kappa shape index (κ1) is 17.4. The number of rotatable bonds is 4. The van der Waals surface area contributed by atoms with E-state index in [1.807, 2.05) is 4.90 Å². The van der Waals surface area contributed by atoms with Crippen LogP contribution in [-0.4, -0.2) is 47.2 Å². The molecule has 3 fully saturated rings. The number of piperidine rings is 1. The number of thiophene rings is 1. The SMILES string of the molecule is CC(=O)c1ccc(C(=O)N2C[C@H]3CC[C@@H](C2)N(Cc2ccccc2)C3)s1. The van der Waals surface area contributed by atoms with Crippen molar-refractivity contribution in [3.63, 3.8) is 0 Å². The van der Waals surface area contributed by atoms with Crippen molar-refractivity contribution >= 4 is 23.0 Å². The summed E-state index contributed by atoms with van der Waals surface area (Å²) in [5.41, 5.74) is 1.34. The Morgan fingerprint density at radius 1 is 1.00 bits per heavy atom. The Balaban J connectivity index is 1.48. The molecule has 0 aliphatic carbocycles. The Bertz CT molecular complexity index is 801. The van der Waals surface area contributed by atoms with Gasteiger partial charge < -0.3 is 4.90 Å². The molecular weight excluding hydrogens is 344 g/mol. The predicted octanol–water partition coefficient (Wildman–Crippen LogP) is 3.69. The number of carbonyl (C=O) groups excluding carboxylic acids is 2. The van der Waals surface area contributed by atoms with Crippen molar-refractivity contribution in [1.29, 1.82) is 0 Å². The molecule has 0 radical (unpaired) electrons. The number of amides is 1. The molecule has 1 aromatic carbocycles. The molecule has 136 valence electrons. The van der Waals surface area contributed by atoms with Crippen LogP contribution < -0.4 is 0 Å². The second-order valence-corrected chi connectivity index (χ2v) is 8.53.